The lowest BCUT2D eigenvalue weighted by molar-refractivity contribution is 0.104. The number of hydrogen-bond acceptors (Lipinski definition) is 4. The zero-order valence-corrected chi connectivity index (χ0v) is 10.0. The highest BCUT2D eigenvalue weighted by atomic mass is 32.1. The van der Waals surface area contributed by atoms with E-state index in [0.717, 1.165) is 17.7 Å². The van der Waals surface area contributed by atoms with Crippen molar-refractivity contribution in [1.29, 1.82) is 0 Å². The van der Waals surface area contributed by atoms with Gasteiger partial charge in [0.25, 0.3) is 0 Å². The summed E-state index contributed by atoms with van der Waals surface area (Å²) in [6.07, 6.45) is 0.739. The van der Waals surface area contributed by atoms with Gasteiger partial charge in [0.05, 0.1) is 5.69 Å². The van der Waals surface area contributed by atoms with Crippen LogP contribution in [0.5, 0.6) is 0 Å². The highest BCUT2D eigenvalue weighted by Gasteiger charge is 2.16. The molecule has 0 saturated heterocycles. The average molecular weight is 232 g/mol. The molecule has 16 heavy (non-hydrogen) atoms. The van der Waals surface area contributed by atoms with Crippen molar-refractivity contribution in [3.05, 3.63) is 46.0 Å². The summed E-state index contributed by atoms with van der Waals surface area (Å²) in [4.78, 5) is 12.8. The van der Waals surface area contributed by atoms with E-state index < -0.39 is 0 Å². The van der Waals surface area contributed by atoms with Gasteiger partial charge in [0.1, 0.15) is 4.88 Å². The molecule has 0 spiro atoms. The van der Waals surface area contributed by atoms with Crippen LogP contribution in [0.15, 0.2) is 24.3 Å². The summed E-state index contributed by atoms with van der Waals surface area (Å²) in [5, 5.41) is 3.95. The number of hydrogen-bond donors (Lipinski definition) is 0. The van der Waals surface area contributed by atoms with E-state index in [9.17, 15) is 4.79 Å². The first-order valence-electron chi connectivity index (χ1n) is 5.15. The molecule has 2 rings (SSSR count). The topological polar surface area (TPSA) is 42.9 Å². The molecule has 0 aliphatic carbocycles. The molecule has 0 aliphatic rings. The molecule has 0 fully saturated rings. The fourth-order valence-corrected chi connectivity index (χ4v) is 2.24. The molecule has 1 heterocycles. The van der Waals surface area contributed by atoms with E-state index in [1.54, 1.807) is 0 Å². The van der Waals surface area contributed by atoms with Crippen LogP contribution < -0.4 is 0 Å². The van der Waals surface area contributed by atoms with Gasteiger partial charge in [0.15, 0.2) is 0 Å². The third kappa shape index (κ3) is 2.02. The summed E-state index contributed by atoms with van der Waals surface area (Å²) >= 11 is 1.17. The van der Waals surface area contributed by atoms with Crippen molar-refractivity contribution in [2.45, 2.75) is 20.3 Å². The normalized spacial score (nSPS) is 10.4. The van der Waals surface area contributed by atoms with Crippen LogP contribution in [0.25, 0.3) is 0 Å². The molecular weight excluding hydrogens is 220 g/mol. The molecule has 1 aromatic heterocycles. The Morgan fingerprint density at radius 2 is 2.25 bits per heavy atom. The lowest BCUT2D eigenvalue weighted by Gasteiger charge is -2.00. The van der Waals surface area contributed by atoms with Crippen molar-refractivity contribution in [3.8, 4) is 0 Å². The van der Waals surface area contributed by atoms with Gasteiger partial charge >= 0.3 is 0 Å². The standard InChI is InChI=1S/C12H12N2OS/c1-3-10-12(16-14-13-10)11(15)9-6-4-5-8(2)7-9/h4-7H,3H2,1-2H3. The maximum atomic E-state index is 12.2. The molecule has 1 aromatic carbocycles. The molecule has 0 unspecified atom stereocenters. The number of nitrogens with zero attached hydrogens (tertiary/aromatic N) is 2. The van der Waals surface area contributed by atoms with E-state index in [1.807, 2.05) is 38.1 Å². The van der Waals surface area contributed by atoms with Gasteiger partial charge < -0.3 is 0 Å². The molecule has 3 nitrogen and oxygen atoms in total. The van der Waals surface area contributed by atoms with E-state index in [2.05, 4.69) is 9.59 Å². The average Bonchev–Trinajstić information content (AvgIpc) is 2.76. The van der Waals surface area contributed by atoms with Gasteiger partial charge in [-0.2, -0.15) is 0 Å². The van der Waals surface area contributed by atoms with Crippen LogP contribution >= 0.6 is 11.5 Å². The highest BCUT2D eigenvalue weighted by Crippen LogP contribution is 2.17. The predicted molar refractivity (Wildman–Crippen MR) is 63.9 cm³/mol. The highest BCUT2D eigenvalue weighted by molar-refractivity contribution is 7.08. The summed E-state index contributed by atoms with van der Waals surface area (Å²) in [6, 6.07) is 7.58. The van der Waals surface area contributed by atoms with Gasteiger partial charge in [0.2, 0.25) is 5.78 Å². The van der Waals surface area contributed by atoms with Crippen molar-refractivity contribution in [2.24, 2.45) is 0 Å². The van der Waals surface area contributed by atoms with Crippen molar-refractivity contribution in [2.75, 3.05) is 0 Å². The van der Waals surface area contributed by atoms with Gasteiger partial charge in [-0.05, 0) is 30.9 Å². The summed E-state index contributed by atoms with van der Waals surface area (Å²) in [5.41, 5.74) is 2.58. The number of aromatic nitrogens is 2. The minimum atomic E-state index is 0.0237. The fraction of sp³-hybridized carbons (Fsp3) is 0.250. The molecule has 0 bridgehead atoms. The smallest absolute Gasteiger partial charge is 0.206 e. The van der Waals surface area contributed by atoms with Gasteiger partial charge in [-0.3, -0.25) is 4.79 Å². The van der Waals surface area contributed by atoms with Crippen LogP contribution in [0.2, 0.25) is 0 Å². The van der Waals surface area contributed by atoms with E-state index >= 15 is 0 Å². The number of rotatable bonds is 3. The lowest BCUT2D eigenvalue weighted by Crippen LogP contribution is -2.02. The van der Waals surface area contributed by atoms with E-state index in [-0.39, 0.29) is 5.78 Å². The zero-order valence-electron chi connectivity index (χ0n) is 9.23. The molecule has 0 amide bonds. The summed E-state index contributed by atoms with van der Waals surface area (Å²) in [7, 11) is 0. The number of aryl methyl sites for hydroxylation is 2. The molecule has 4 heteroatoms. The quantitative estimate of drug-likeness (QED) is 0.764. The first-order chi connectivity index (χ1) is 7.72. The van der Waals surface area contributed by atoms with Crippen LogP contribution in [0.1, 0.15) is 33.4 Å². The Balaban J connectivity index is 2.39. The van der Waals surface area contributed by atoms with Crippen molar-refractivity contribution >= 4 is 17.3 Å². The van der Waals surface area contributed by atoms with Gasteiger partial charge in [-0.1, -0.05) is 35.2 Å². The maximum Gasteiger partial charge on any atom is 0.206 e. The van der Waals surface area contributed by atoms with Gasteiger partial charge in [0, 0.05) is 5.56 Å². The van der Waals surface area contributed by atoms with Crippen molar-refractivity contribution < 1.29 is 4.79 Å². The van der Waals surface area contributed by atoms with E-state index in [4.69, 9.17) is 0 Å². The van der Waals surface area contributed by atoms with Crippen LogP contribution in [-0.2, 0) is 6.42 Å². The van der Waals surface area contributed by atoms with E-state index in [0.29, 0.717) is 10.4 Å². The number of ketones is 1. The second-order valence-corrected chi connectivity index (χ2v) is 4.36. The Kier molecular flexibility index (Phi) is 3.10. The molecule has 0 saturated carbocycles. The third-order valence-corrected chi connectivity index (χ3v) is 3.14. The number of carbonyl (C=O) groups is 1. The third-order valence-electron chi connectivity index (χ3n) is 2.38. The van der Waals surface area contributed by atoms with Crippen LogP contribution in [0.4, 0.5) is 0 Å². The molecule has 0 atom stereocenters. The minimum Gasteiger partial charge on any atom is -0.288 e. The Hall–Kier alpha value is -1.55. The molecule has 82 valence electrons. The molecule has 2 aromatic rings. The van der Waals surface area contributed by atoms with Crippen LogP contribution in [0, 0.1) is 6.92 Å². The second kappa shape index (κ2) is 4.53. The minimum absolute atomic E-state index is 0.0237. The molecule has 0 N–H and O–H groups in total. The molecule has 0 radical (unpaired) electrons. The number of carbonyl (C=O) groups excluding carboxylic acids is 1. The Morgan fingerprint density at radius 3 is 2.94 bits per heavy atom. The van der Waals surface area contributed by atoms with E-state index in [1.165, 1.54) is 11.5 Å². The molecular formula is C12H12N2OS. The second-order valence-electron chi connectivity index (χ2n) is 3.60. The molecule has 0 aliphatic heterocycles. The maximum absolute atomic E-state index is 12.2. The summed E-state index contributed by atoms with van der Waals surface area (Å²) in [6.45, 7) is 3.95. The van der Waals surface area contributed by atoms with Crippen molar-refractivity contribution in [1.82, 2.24) is 9.59 Å². The fourth-order valence-electron chi connectivity index (χ4n) is 1.53. The largest absolute Gasteiger partial charge is 0.288 e. The van der Waals surface area contributed by atoms with Gasteiger partial charge in [-0.25, -0.2) is 0 Å². The van der Waals surface area contributed by atoms with Gasteiger partial charge in [-0.15, -0.1) is 5.10 Å². The zero-order chi connectivity index (χ0) is 11.5. The summed E-state index contributed by atoms with van der Waals surface area (Å²) < 4.78 is 3.83. The van der Waals surface area contributed by atoms with Crippen molar-refractivity contribution in [3.63, 3.8) is 0 Å². The Bertz CT molecular complexity index is 519. The first-order valence-corrected chi connectivity index (χ1v) is 5.92. The monoisotopic (exact) mass is 232 g/mol. The SMILES string of the molecule is CCc1nnsc1C(=O)c1cccc(C)c1. The lowest BCUT2D eigenvalue weighted by atomic mass is 10.1. The first kappa shape index (κ1) is 11.0. The Morgan fingerprint density at radius 1 is 1.44 bits per heavy atom. The predicted octanol–water partition coefficient (Wildman–Crippen LogP) is 2.64. The summed E-state index contributed by atoms with van der Waals surface area (Å²) in [5.74, 6) is 0.0237. The Labute approximate surface area is 98.3 Å². The van der Waals surface area contributed by atoms with Crippen LogP contribution in [0.3, 0.4) is 0 Å². The number of benzene rings is 1. The van der Waals surface area contributed by atoms with Crippen LogP contribution in [-0.4, -0.2) is 15.4 Å².